The van der Waals surface area contributed by atoms with Gasteiger partial charge in [0.2, 0.25) is 0 Å². The van der Waals surface area contributed by atoms with Gasteiger partial charge in [0.15, 0.2) is 0 Å². The van der Waals surface area contributed by atoms with Gasteiger partial charge in [-0.05, 0) is 29.8 Å². The molecular weight excluding hydrogens is 340 g/mol. The Morgan fingerprint density at radius 2 is 1.81 bits per heavy atom. The zero-order valence-corrected chi connectivity index (χ0v) is 14.0. The third kappa shape index (κ3) is 3.20. The van der Waals surface area contributed by atoms with Crippen molar-refractivity contribution in [1.29, 1.82) is 0 Å². The van der Waals surface area contributed by atoms with Crippen LogP contribution in [0.25, 0.3) is 0 Å². The highest BCUT2D eigenvalue weighted by Crippen LogP contribution is 2.22. The van der Waals surface area contributed by atoms with Crippen molar-refractivity contribution in [1.82, 2.24) is 19.6 Å². The molecular formula is C13H19BrN4O3. The Morgan fingerprint density at radius 3 is 2.29 bits per heavy atom. The smallest absolute Gasteiger partial charge is 0.409 e. The van der Waals surface area contributed by atoms with Gasteiger partial charge in [-0.25, -0.2) is 4.79 Å². The van der Waals surface area contributed by atoms with Gasteiger partial charge in [0, 0.05) is 33.2 Å². The number of ether oxygens (including phenoxy) is 1. The zero-order valence-electron chi connectivity index (χ0n) is 12.4. The van der Waals surface area contributed by atoms with Crippen LogP contribution in [0.4, 0.5) is 4.79 Å². The van der Waals surface area contributed by atoms with Gasteiger partial charge >= 0.3 is 6.09 Å². The van der Waals surface area contributed by atoms with Gasteiger partial charge in [-0.2, -0.15) is 5.10 Å². The van der Waals surface area contributed by atoms with Gasteiger partial charge < -0.3 is 14.5 Å². The molecule has 1 aliphatic rings. The molecule has 2 rings (SSSR count). The standard InChI is InChI=1S/C13H19BrN4O3/c1-4-21-13(20)18-7-5-17(6-8-18)12(19)11-10(14)9(2)15-16(11)3/h4-8H2,1-3H3. The SMILES string of the molecule is CCOC(=O)N1CCN(C(=O)c2c(Br)c(C)nn2C)CC1. The Kier molecular flexibility index (Phi) is 4.87. The zero-order chi connectivity index (χ0) is 15.6. The number of hydrogen-bond acceptors (Lipinski definition) is 4. The second-order valence-corrected chi connectivity index (χ2v) is 5.64. The van der Waals surface area contributed by atoms with Crippen molar-refractivity contribution >= 4 is 27.9 Å². The summed E-state index contributed by atoms with van der Waals surface area (Å²) >= 11 is 3.41. The highest BCUT2D eigenvalue weighted by Gasteiger charge is 2.28. The van der Waals surface area contributed by atoms with E-state index in [1.807, 2.05) is 6.92 Å². The Labute approximate surface area is 132 Å². The molecule has 0 atom stereocenters. The molecule has 1 aliphatic heterocycles. The van der Waals surface area contributed by atoms with Crippen LogP contribution in [0.3, 0.4) is 0 Å². The summed E-state index contributed by atoms with van der Waals surface area (Å²) in [5.41, 5.74) is 1.32. The van der Waals surface area contributed by atoms with Crippen molar-refractivity contribution in [2.45, 2.75) is 13.8 Å². The number of nitrogens with zero attached hydrogens (tertiary/aromatic N) is 4. The number of carbonyl (C=O) groups is 2. The van der Waals surface area contributed by atoms with Crippen LogP contribution < -0.4 is 0 Å². The van der Waals surface area contributed by atoms with Crippen LogP contribution in [0.15, 0.2) is 4.47 Å². The fourth-order valence-electron chi connectivity index (χ4n) is 2.32. The highest BCUT2D eigenvalue weighted by atomic mass is 79.9. The van der Waals surface area contributed by atoms with E-state index in [9.17, 15) is 9.59 Å². The number of carbonyl (C=O) groups excluding carboxylic acids is 2. The minimum atomic E-state index is -0.317. The number of piperazine rings is 1. The quantitative estimate of drug-likeness (QED) is 0.801. The minimum absolute atomic E-state index is 0.0755. The molecule has 0 unspecified atom stereocenters. The maximum absolute atomic E-state index is 12.6. The predicted molar refractivity (Wildman–Crippen MR) is 80.1 cm³/mol. The monoisotopic (exact) mass is 358 g/mol. The van der Waals surface area contributed by atoms with E-state index >= 15 is 0 Å². The van der Waals surface area contributed by atoms with E-state index in [1.165, 1.54) is 0 Å². The molecule has 1 fully saturated rings. The lowest BCUT2D eigenvalue weighted by molar-refractivity contribution is 0.0561. The molecule has 2 heterocycles. The van der Waals surface area contributed by atoms with Crippen LogP contribution in [-0.4, -0.2) is 64.4 Å². The number of aryl methyl sites for hydroxylation is 2. The van der Waals surface area contributed by atoms with Crippen molar-refractivity contribution in [3.05, 3.63) is 15.9 Å². The molecule has 0 saturated carbocycles. The fraction of sp³-hybridized carbons (Fsp3) is 0.615. The minimum Gasteiger partial charge on any atom is -0.450 e. The van der Waals surface area contributed by atoms with Gasteiger partial charge in [-0.1, -0.05) is 0 Å². The molecule has 1 aromatic heterocycles. The topological polar surface area (TPSA) is 67.7 Å². The molecule has 116 valence electrons. The highest BCUT2D eigenvalue weighted by molar-refractivity contribution is 9.10. The Balaban J connectivity index is 2.02. The molecule has 1 aromatic rings. The summed E-state index contributed by atoms with van der Waals surface area (Å²) in [7, 11) is 1.75. The largest absolute Gasteiger partial charge is 0.450 e. The average Bonchev–Trinajstić information content (AvgIpc) is 2.72. The molecule has 2 amide bonds. The second kappa shape index (κ2) is 6.46. The summed E-state index contributed by atoms with van der Waals surface area (Å²) in [6.07, 6.45) is -0.317. The third-order valence-corrected chi connectivity index (χ3v) is 4.39. The van der Waals surface area contributed by atoms with Crippen LogP contribution in [0, 0.1) is 6.92 Å². The molecule has 0 aliphatic carbocycles. The van der Waals surface area contributed by atoms with E-state index in [0.29, 0.717) is 38.5 Å². The predicted octanol–water partition coefficient (Wildman–Crippen LogP) is 1.41. The van der Waals surface area contributed by atoms with Crippen LogP contribution >= 0.6 is 15.9 Å². The van der Waals surface area contributed by atoms with Crippen LogP contribution in [0.5, 0.6) is 0 Å². The Hall–Kier alpha value is -1.57. The molecule has 0 bridgehead atoms. The van der Waals surface area contributed by atoms with Gasteiger partial charge in [-0.3, -0.25) is 9.48 Å². The second-order valence-electron chi connectivity index (χ2n) is 4.85. The van der Waals surface area contributed by atoms with Crippen molar-refractivity contribution in [2.24, 2.45) is 7.05 Å². The molecule has 0 spiro atoms. The lowest BCUT2D eigenvalue weighted by Crippen LogP contribution is -2.51. The lowest BCUT2D eigenvalue weighted by atomic mass is 10.2. The van der Waals surface area contributed by atoms with E-state index in [4.69, 9.17) is 4.74 Å². The van der Waals surface area contributed by atoms with Crippen molar-refractivity contribution in [2.75, 3.05) is 32.8 Å². The fourth-order valence-corrected chi connectivity index (χ4v) is 2.83. The first-order valence-corrected chi connectivity index (χ1v) is 7.65. The average molecular weight is 359 g/mol. The maximum atomic E-state index is 12.6. The lowest BCUT2D eigenvalue weighted by Gasteiger charge is -2.34. The maximum Gasteiger partial charge on any atom is 0.409 e. The number of hydrogen-bond donors (Lipinski definition) is 0. The summed E-state index contributed by atoms with van der Waals surface area (Å²) < 4.78 is 7.27. The molecule has 0 aromatic carbocycles. The van der Waals surface area contributed by atoms with Crippen LogP contribution in [0.2, 0.25) is 0 Å². The number of aromatic nitrogens is 2. The molecule has 1 saturated heterocycles. The van der Waals surface area contributed by atoms with E-state index in [-0.39, 0.29) is 12.0 Å². The van der Waals surface area contributed by atoms with E-state index in [2.05, 4.69) is 21.0 Å². The normalized spacial score (nSPS) is 15.2. The summed E-state index contributed by atoms with van der Waals surface area (Å²) in [5.74, 6) is -0.0755. The first-order valence-electron chi connectivity index (χ1n) is 6.85. The molecule has 7 nitrogen and oxygen atoms in total. The summed E-state index contributed by atoms with van der Waals surface area (Å²) in [6.45, 7) is 5.94. The number of rotatable bonds is 2. The first-order chi connectivity index (χ1) is 9.95. The van der Waals surface area contributed by atoms with Gasteiger partial charge in [0.25, 0.3) is 5.91 Å². The third-order valence-electron chi connectivity index (χ3n) is 3.44. The van der Waals surface area contributed by atoms with E-state index < -0.39 is 0 Å². The van der Waals surface area contributed by atoms with E-state index in [0.717, 1.165) is 10.2 Å². The van der Waals surface area contributed by atoms with Crippen LogP contribution in [-0.2, 0) is 11.8 Å². The Bertz CT molecular complexity index is 550. The van der Waals surface area contributed by atoms with Crippen LogP contribution in [0.1, 0.15) is 23.1 Å². The first kappa shape index (κ1) is 15.8. The van der Waals surface area contributed by atoms with Gasteiger partial charge in [0.1, 0.15) is 5.69 Å². The molecule has 21 heavy (non-hydrogen) atoms. The summed E-state index contributed by atoms with van der Waals surface area (Å²) in [4.78, 5) is 27.5. The molecule has 8 heteroatoms. The van der Waals surface area contributed by atoms with Crippen molar-refractivity contribution in [3.63, 3.8) is 0 Å². The molecule has 0 radical (unpaired) electrons. The molecule has 0 N–H and O–H groups in total. The van der Waals surface area contributed by atoms with E-state index in [1.54, 1.807) is 28.5 Å². The number of amides is 2. The number of halogens is 1. The Morgan fingerprint density at radius 1 is 1.24 bits per heavy atom. The van der Waals surface area contributed by atoms with Crippen molar-refractivity contribution < 1.29 is 14.3 Å². The summed E-state index contributed by atoms with van der Waals surface area (Å²) in [6, 6.07) is 0. The van der Waals surface area contributed by atoms with Gasteiger partial charge in [-0.15, -0.1) is 0 Å². The summed E-state index contributed by atoms with van der Waals surface area (Å²) in [5, 5.41) is 4.23. The van der Waals surface area contributed by atoms with Gasteiger partial charge in [0.05, 0.1) is 16.8 Å². The van der Waals surface area contributed by atoms with Crippen molar-refractivity contribution in [3.8, 4) is 0 Å².